The largest absolute Gasteiger partial charge is 0.0814 e. The second kappa shape index (κ2) is 9.42. The van der Waals surface area contributed by atoms with E-state index in [1.165, 1.54) is 77.0 Å². The maximum atomic E-state index is 2.53. The van der Waals surface area contributed by atoms with Crippen molar-refractivity contribution in [2.45, 2.75) is 84.0 Å². The molecule has 0 amide bonds. The van der Waals surface area contributed by atoms with Crippen molar-refractivity contribution in [2.75, 3.05) is 0 Å². The smallest absolute Gasteiger partial charge is 0.0202 e. The lowest BCUT2D eigenvalue weighted by Crippen LogP contribution is -2.16. The number of hydrogen-bond donors (Lipinski definition) is 0. The maximum Gasteiger partial charge on any atom is -0.0202 e. The predicted octanol–water partition coefficient (Wildman–Crippen LogP) is 6.68. The van der Waals surface area contributed by atoms with Gasteiger partial charge in [0.25, 0.3) is 0 Å². The van der Waals surface area contributed by atoms with Gasteiger partial charge in [0.15, 0.2) is 0 Å². The van der Waals surface area contributed by atoms with Crippen LogP contribution in [0.4, 0.5) is 0 Å². The third kappa shape index (κ3) is 5.46. The van der Waals surface area contributed by atoms with Crippen LogP contribution in [0, 0.1) is 17.8 Å². The van der Waals surface area contributed by atoms with E-state index in [9.17, 15) is 0 Å². The first-order valence-electron chi connectivity index (χ1n) is 9.25. The molecule has 0 heterocycles. The summed E-state index contributed by atoms with van der Waals surface area (Å²) in [5.41, 5.74) is 0. The fourth-order valence-corrected chi connectivity index (χ4v) is 4.14. The Morgan fingerprint density at radius 3 is 2.15 bits per heavy atom. The van der Waals surface area contributed by atoms with Gasteiger partial charge in [-0.15, -0.1) is 0 Å². The second-order valence-electron chi connectivity index (χ2n) is 7.02. The highest BCUT2D eigenvalue weighted by molar-refractivity contribution is 5.07. The van der Waals surface area contributed by atoms with Crippen molar-refractivity contribution in [3.63, 3.8) is 0 Å². The van der Waals surface area contributed by atoms with Gasteiger partial charge in [-0.25, -0.2) is 0 Å². The van der Waals surface area contributed by atoms with Crippen LogP contribution in [0.25, 0.3) is 0 Å². The van der Waals surface area contributed by atoms with E-state index >= 15 is 0 Å². The zero-order chi connectivity index (χ0) is 14.0. The molecule has 0 nitrogen and oxygen atoms in total. The van der Waals surface area contributed by atoms with E-state index in [1.54, 1.807) is 0 Å². The molecule has 0 aromatic rings. The first-order chi connectivity index (χ1) is 9.90. The third-order valence-corrected chi connectivity index (χ3v) is 5.38. The molecule has 0 spiro atoms. The molecule has 0 radical (unpaired) electrons. The summed E-state index contributed by atoms with van der Waals surface area (Å²) in [7, 11) is 0. The molecule has 0 aliphatic heterocycles. The summed E-state index contributed by atoms with van der Waals surface area (Å²) in [6, 6.07) is 0. The van der Waals surface area contributed by atoms with Gasteiger partial charge in [-0.3, -0.25) is 0 Å². The zero-order valence-corrected chi connectivity index (χ0v) is 13.5. The van der Waals surface area contributed by atoms with E-state index in [4.69, 9.17) is 0 Å². The van der Waals surface area contributed by atoms with Crippen LogP contribution in [-0.4, -0.2) is 0 Å². The monoisotopic (exact) mass is 274 g/mol. The molecule has 1 unspecified atom stereocenters. The van der Waals surface area contributed by atoms with Crippen molar-refractivity contribution < 1.29 is 0 Å². The van der Waals surface area contributed by atoms with Crippen molar-refractivity contribution in [2.24, 2.45) is 17.8 Å². The lowest BCUT2D eigenvalue weighted by Gasteiger charge is -2.28. The van der Waals surface area contributed by atoms with Gasteiger partial charge in [-0.2, -0.15) is 0 Å². The van der Waals surface area contributed by atoms with E-state index in [1.807, 2.05) is 0 Å². The van der Waals surface area contributed by atoms with Crippen LogP contribution in [0.5, 0.6) is 0 Å². The number of allylic oxidation sites excluding steroid dienone is 4. The normalized spacial score (nSPS) is 24.6. The molecule has 2 rings (SSSR count). The van der Waals surface area contributed by atoms with Gasteiger partial charge in [0.05, 0.1) is 0 Å². The van der Waals surface area contributed by atoms with E-state index < -0.39 is 0 Å². The molecule has 20 heavy (non-hydrogen) atoms. The average molecular weight is 274 g/mol. The van der Waals surface area contributed by atoms with Gasteiger partial charge >= 0.3 is 0 Å². The van der Waals surface area contributed by atoms with Crippen LogP contribution in [0.3, 0.4) is 0 Å². The highest BCUT2D eigenvalue weighted by atomic mass is 14.3. The van der Waals surface area contributed by atoms with Gasteiger partial charge in [-0.05, 0) is 49.9 Å². The van der Waals surface area contributed by atoms with Crippen molar-refractivity contribution >= 4 is 0 Å². The van der Waals surface area contributed by atoms with E-state index in [-0.39, 0.29) is 0 Å². The molecule has 1 atom stereocenters. The van der Waals surface area contributed by atoms with E-state index in [0.717, 1.165) is 17.8 Å². The summed E-state index contributed by atoms with van der Waals surface area (Å²) < 4.78 is 0. The Labute approximate surface area is 126 Å². The van der Waals surface area contributed by atoms with Gasteiger partial charge in [0.2, 0.25) is 0 Å². The van der Waals surface area contributed by atoms with E-state index in [2.05, 4.69) is 31.2 Å². The van der Waals surface area contributed by atoms with Crippen LogP contribution in [0.1, 0.15) is 84.0 Å². The number of rotatable bonds is 6. The second-order valence-corrected chi connectivity index (χ2v) is 7.02. The van der Waals surface area contributed by atoms with Gasteiger partial charge in [0.1, 0.15) is 0 Å². The Balaban J connectivity index is 1.79. The summed E-state index contributed by atoms with van der Waals surface area (Å²) in [6.45, 7) is 2.33. The fraction of sp³-hybridized carbons (Fsp3) is 0.800. The summed E-state index contributed by atoms with van der Waals surface area (Å²) in [5, 5.41) is 0. The molecule has 2 fully saturated rings. The minimum absolute atomic E-state index is 0.844. The van der Waals surface area contributed by atoms with Crippen molar-refractivity contribution in [3.05, 3.63) is 24.3 Å². The standard InChI is InChI=1S/C20H34/c1-2-11-19(20-15-7-4-8-16-20)17-10-9-14-18-12-5-3-6-13-18/h9-10,14,17-20H,2-8,11-13,15-16H2,1H3. The lowest BCUT2D eigenvalue weighted by molar-refractivity contribution is 0.274. The molecular formula is C20H34. The first kappa shape index (κ1) is 15.9. The molecule has 0 aromatic carbocycles. The molecule has 0 heteroatoms. The Morgan fingerprint density at radius 1 is 0.850 bits per heavy atom. The van der Waals surface area contributed by atoms with E-state index in [0.29, 0.717) is 0 Å². The molecule has 2 saturated carbocycles. The maximum absolute atomic E-state index is 2.53. The quantitative estimate of drug-likeness (QED) is 0.474. The average Bonchev–Trinajstić information content (AvgIpc) is 2.52. The van der Waals surface area contributed by atoms with Crippen LogP contribution < -0.4 is 0 Å². The molecule has 0 saturated heterocycles. The van der Waals surface area contributed by atoms with Crippen LogP contribution in [0.2, 0.25) is 0 Å². The van der Waals surface area contributed by atoms with Gasteiger partial charge in [-0.1, -0.05) is 76.2 Å². The van der Waals surface area contributed by atoms with Gasteiger partial charge in [0, 0.05) is 0 Å². The zero-order valence-electron chi connectivity index (χ0n) is 13.5. The lowest BCUT2D eigenvalue weighted by atomic mass is 9.78. The fourth-order valence-electron chi connectivity index (χ4n) is 4.14. The molecule has 0 bridgehead atoms. The molecule has 2 aliphatic carbocycles. The molecule has 2 aliphatic rings. The van der Waals surface area contributed by atoms with Crippen LogP contribution in [0.15, 0.2) is 24.3 Å². The Kier molecular flexibility index (Phi) is 7.47. The van der Waals surface area contributed by atoms with Crippen molar-refractivity contribution in [1.82, 2.24) is 0 Å². The van der Waals surface area contributed by atoms with Crippen molar-refractivity contribution in [3.8, 4) is 0 Å². The Morgan fingerprint density at radius 2 is 1.50 bits per heavy atom. The van der Waals surface area contributed by atoms with Gasteiger partial charge < -0.3 is 0 Å². The molecular weight excluding hydrogens is 240 g/mol. The highest BCUT2D eigenvalue weighted by Gasteiger charge is 2.20. The minimum Gasteiger partial charge on any atom is -0.0814 e. The molecule has 0 N–H and O–H groups in total. The van der Waals surface area contributed by atoms with Crippen LogP contribution >= 0.6 is 0 Å². The molecule has 0 aromatic heterocycles. The highest BCUT2D eigenvalue weighted by Crippen LogP contribution is 2.33. The van der Waals surface area contributed by atoms with Crippen molar-refractivity contribution in [1.29, 1.82) is 0 Å². The molecule has 114 valence electrons. The third-order valence-electron chi connectivity index (χ3n) is 5.38. The predicted molar refractivity (Wildman–Crippen MR) is 89.8 cm³/mol. The Bertz CT molecular complexity index is 287. The number of hydrogen-bond acceptors (Lipinski definition) is 0. The summed E-state index contributed by atoms with van der Waals surface area (Å²) in [5.74, 6) is 2.69. The van der Waals surface area contributed by atoms with Crippen LogP contribution in [-0.2, 0) is 0 Å². The summed E-state index contributed by atoms with van der Waals surface area (Å²) in [4.78, 5) is 0. The summed E-state index contributed by atoms with van der Waals surface area (Å²) >= 11 is 0. The Hall–Kier alpha value is -0.520. The summed E-state index contributed by atoms with van der Waals surface area (Å²) in [6.07, 6.45) is 27.0. The first-order valence-corrected chi connectivity index (χ1v) is 9.25. The topological polar surface area (TPSA) is 0 Å². The minimum atomic E-state index is 0.844. The SMILES string of the molecule is CCCC(C=CC=CC1CCCCC1)C1CCCCC1.